The lowest BCUT2D eigenvalue weighted by atomic mass is 9.96. The van der Waals surface area contributed by atoms with Crippen molar-refractivity contribution < 1.29 is 4.39 Å². The second-order valence-corrected chi connectivity index (χ2v) is 5.09. The highest BCUT2D eigenvalue weighted by Crippen LogP contribution is 2.39. The van der Waals surface area contributed by atoms with Gasteiger partial charge < -0.3 is 0 Å². The van der Waals surface area contributed by atoms with Gasteiger partial charge in [-0.05, 0) is 48.4 Å². The molecule has 1 aliphatic rings. The topological polar surface area (TPSA) is 0 Å². The summed E-state index contributed by atoms with van der Waals surface area (Å²) in [5.41, 5.74) is 2.54. The molecule has 0 fully saturated rings. The third kappa shape index (κ3) is 1.72. The summed E-state index contributed by atoms with van der Waals surface area (Å²) in [4.78, 5) is 0.536. The predicted octanol–water partition coefficient (Wildman–Crippen LogP) is 4.03. The summed E-state index contributed by atoms with van der Waals surface area (Å²) < 4.78 is 13.0. The largest absolute Gasteiger partial charge is 0.207 e. The Bertz CT molecular complexity index is 335. The van der Waals surface area contributed by atoms with E-state index in [1.807, 2.05) is 6.07 Å². The zero-order chi connectivity index (χ0) is 10.1. The minimum absolute atomic E-state index is 0.105. The summed E-state index contributed by atoms with van der Waals surface area (Å²) in [5.74, 6) is 0.475. The van der Waals surface area contributed by atoms with Crippen molar-refractivity contribution in [1.29, 1.82) is 0 Å². The molecular formula is C12H14BrF. The van der Waals surface area contributed by atoms with E-state index in [0.29, 0.717) is 10.7 Å². The molecule has 0 aromatic heterocycles. The molecule has 0 saturated heterocycles. The van der Waals surface area contributed by atoms with E-state index in [-0.39, 0.29) is 5.82 Å². The van der Waals surface area contributed by atoms with Crippen LogP contribution in [0.5, 0.6) is 0 Å². The van der Waals surface area contributed by atoms with Crippen molar-refractivity contribution in [3.05, 3.63) is 35.1 Å². The molecule has 0 nitrogen and oxygen atoms in total. The van der Waals surface area contributed by atoms with Crippen molar-refractivity contribution in [1.82, 2.24) is 0 Å². The molecule has 76 valence electrons. The van der Waals surface area contributed by atoms with Crippen molar-refractivity contribution in [2.24, 2.45) is 0 Å². The van der Waals surface area contributed by atoms with Crippen LogP contribution in [-0.2, 0) is 6.42 Å². The fourth-order valence-corrected chi connectivity index (χ4v) is 2.83. The van der Waals surface area contributed by atoms with E-state index in [4.69, 9.17) is 0 Å². The maximum absolute atomic E-state index is 13.0. The monoisotopic (exact) mass is 256 g/mol. The minimum Gasteiger partial charge on any atom is -0.207 e. The van der Waals surface area contributed by atoms with E-state index in [0.717, 1.165) is 19.3 Å². The molecule has 0 amide bonds. The highest BCUT2D eigenvalue weighted by atomic mass is 79.9. The van der Waals surface area contributed by atoms with Gasteiger partial charge in [0.15, 0.2) is 0 Å². The Morgan fingerprint density at radius 3 is 3.07 bits per heavy atom. The zero-order valence-electron chi connectivity index (χ0n) is 8.26. The zero-order valence-corrected chi connectivity index (χ0v) is 9.85. The van der Waals surface area contributed by atoms with Gasteiger partial charge in [0, 0.05) is 4.83 Å². The third-order valence-corrected chi connectivity index (χ3v) is 4.34. The molecule has 1 aliphatic carbocycles. The first-order valence-corrected chi connectivity index (χ1v) is 6.06. The molecule has 0 aliphatic heterocycles. The van der Waals surface area contributed by atoms with Gasteiger partial charge in [-0.3, -0.25) is 0 Å². The Hall–Kier alpha value is -0.370. The van der Waals surface area contributed by atoms with Gasteiger partial charge in [-0.1, -0.05) is 28.9 Å². The van der Waals surface area contributed by atoms with Crippen LogP contribution in [0.3, 0.4) is 0 Å². The standard InChI is InChI=1S/C12H14BrF/c1-2-12(13)11-5-3-8-7-9(14)4-6-10(8)11/h4,6-7,11-12H,2-3,5H2,1H3. The highest BCUT2D eigenvalue weighted by molar-refractivity contribution is 9.09. The molecule has 0 heterocycles. The van der Waals surface area contributed by atoms with Gasteiger partial charge in [0.05, 0.1) is 0 Å². The number of aryl methyl sites for hydroxylation is 1. The smallest absolute Gasteiger partial charge is 0.123 e. The van der Waals surface area contributed by atoms with E-state index in [9.17, 15) is 4.39 Å². The molecule has 0 radical (unpaired) electrons. The van der Waals surface area contributed by atoms with Crippen LogP contribution >= 0.6 is 15.9 Å². The van der Waals surface area contributed by atoms with E-state index < -0.39 is 0 Å². The van der Waals surface area contributed by atoms with Gasteiger partial charge in [0.1, 0.15) is 5.82 Å². The van der Waals surface area contributed by atoms with E-state index in [1.54, 1.807) is 12.1 Å². The van der Waals surface area contributed by atoms with Crippen molar-refractivity contribution in [2.75, 3.05) is 0 Å². The molecule has 2 rings (SSSR count). The van der Waals surface area contributed by atoms with Crippen LogP contribution in [0.15, 0.2) is 18.2 Å². The first kappa shape index (κ1) is 10.2. The van der Waals surface area contributed by atoms with Crippen LogP contribution in [0.1, 0.15) is 36.8 Å². The average Bonchev–Trinajstić information content (AvgIpc) is 2.59. The molecule has 1 aromatic rings. The lowest BCUT2D eigenvalue weighted by Crippen LogP contribution is -2.07. The van der Waals surface area contributed by atoms with Crippen molar-refractivity contribution in [3.8, 4) is 0 Å². The summed E-state index contributed by atoms with van der Waals surface area (Å²) in [6, 6.07) is 5.21. The van der Waals surface area contributed by atoms with Crippen LogP contribution in [0.2, 0.25) is 0 Å². The van der Waals surface area contributed by atoms with E-state index >= 15 is 0 Å². The second kappa shape index (κ2) is 4.01. The normalized spacial score (nSPS) is 22.1. The SMILES string of the molecule is CCC(Br)C1CCc2cc(F)ccc21. The third-order valence-electron chi connectivity index (χ3n) is 3.06. The molecule has 1 aromatic carbocycles. The lowest BCUT2D eigenvalue weighted by molar-refractivity contribution is 0.624. The summed E-state index contributed by atoms with van der Waals surface area (Å²) in [6.45, 7) is 2.18. The number of fused-ring (bicyclic) bond motifs is 1. The predicted molar refractivity (Wildman–Crippen MR) is 60.5 cm³/mol. The number of halogens is 2. The summed E-state index contributed by atoms with van der Waals surface area (Å²) >= 11 is 3.70. The Kier molecular flexibility index (Phi) is 2.91. The summed E-state index contributed by atoms with van der Waals surface area (Å²) in [6.07, 6.45) is 3.31. The Labute approximate surface area is 92.6 Å². The van der Waals surface area contributed by atoms with Gasteiger partial charge in [-0.25, -0.2) is 4.39 Å². The number of alkyl halides is 1. The fraction of sp³-hybridized carbons (Fsp3) is 0.500. The molecule has 14 heavy (non-hydrogen) atoms. The van der Waals surface area contributed by atoms with E-state index in [1.165, 1.54) is 11.1 Å². The van der Waals surface area contributed by atoms with Crippen molar-refractivity contribution in [3.63, 3.8) is 0 Å². The number of rotatable bonds is 2. The van der Waals surface area contributed by atoms with Crippen LogP contribution in [-0.4, -0.2) is 4.83 Å². The average molecular weight is 257 g/mol. The number of hydrogen-bond acceptors (Lipinski definition) is 0. The molecular weight excluding hydrogens is 243 g/mol. The first-order chi connectivity index (χ1) is 6.72. The molecule has 0 bridgehead atoms. The van der Waals surface area contributed by atoms with E-state index in [2.05, 4.69) is 22.9 Å². The quantitative estimate of drug-likeness (QED) is 0.702. The number of benzene rings is 1. The van der Waals surface area contributed by atoms with Crippen molar-refractivity contribution >= 4 is 15.9 Å². The molecule has 0 spiro atoms. The molecule has 2 atom stereocenters. The lowest BCUT2D eigenvalue weighted by Gasteiger charge is -2.16. The number of hydrogen-bond donors (Lipinski definition) is 0. The van der Waals surface area contributed by atoms with Crippen LogP contribution in [0.25, 0.3) is 0 Å². The Morgan fingerprint density at radius 2 is 2.36 bits per heavy atom. The fourth-order valence-electron chi connectivity index (χ4n) is 2.28. The van der Waals surface area contributed by atoms with Crippen LogP contribution in [0, 0.1) is 5.82 Å². The Balaban J connectivity index is 2.31. The van der Waals surface area contributed by atoms with Crippen LogP contribution in [0.4, 0.5) is 4.39 Å². The maximum Gasteiger partial charge on any atom is 0.123 e. The van der Waals surface area contributed by atoms with Gasteiger partial charge in [-0.2, -0.15) is 0 Å². The van der Waals surface area contributed by atoms with Gasteiger partial charge in [0.2, 0.25) is 0 Å². The first-order valence-electron chi connectivity index (χ1n) is 5.14. The van der Waals surface area contributed by atoms with Gasteiger partial charge in [-0.15, -0.1) is 0 Å². The van der Waals surface area contributed by atoms with Gasteiger partial charge >= 0.3 is 0 Å². The summed E-state index contributed by atoms with van der Waals surface area (Å²) in [5, 5.41) is 0. The molecule has 2 heteroatoms. The molecule has 0 saturated carbocycles. The van der Waals surface area contributed by atoms with Crippen LogP contribution < -0.4 is 0 Å². The second-order valence-electron chi connectivity index (χ2n) is 3.91. The van der Waals surface area contributed by atoms with Crippen molar-refractivity contribution in [2.45, 2.75) is 36.9 Å². The molecule has 0 N–H and O–H groups in total. The Morgan fingerprint density at radius 1 is 1.57 bits per heavy atom. The van der Waals surface area contributed by atoms with Gasteiger partial charge in [0.25, 0.3) is 0 Å². The minimum atomic E-state index is -0.105. The highest BCUT2D eigenvalue weighted by Gasteiger charge is 2.27. The summed E-state index contributed by atoms with van der Waals surface area (Å²) in [7, 11) is 0. The molecule has 2 unspecified atom stereocenters. The maximum atomic E-state index is 13.0.